The molecule has 0 radical (unpaired) electrons. The molecule has 1 saturated heterocycles. The maximum absolute atomic E-state index is 12.9. The number of nitrogens with zero attached hydrogens (tertiary/aromatic N) is 2. The van der Waals surface area contributed by atoms with Crippen molar-refractivity contribution in [2.24, 2.45) is 0 Å². The molecule has 1 aliphatic heterocycles. The van der Waals surface area contributed by atoms with E-state index in [2.05, 4.69) is 10.2 Å². The molecule has 1 N–H and O–H groups in total. The summed E-state index contributed by atoms with van der Waals surface area (Å²) < 4.78 is 5.25. The average molecular weight is 408 g/mol. The van der Waals surface area contributed by atoms with Crippen molar-refractivity contribution in [3.63, 3.8) is 0 Å². The molecule has 2 heterocycles. The molecule has 28 heavy (non-hydrogen) atoms. The first kappa shape index (κ1) is 20.8. The minimum absolute atomic E-state index is 0.0694. The van der Waals surface area contributed by atoms with Crippen LogP contribution in [0, 0.1) is 0 Å². The third kappa shape index (κ3) is 4.38. The van der Waals surface area contributed by atoms with E-state index < -0.39 is 0 Å². The molecule has 1 aromatic heterocycles. The van der Waals surface area contributed by atoms with Crippen LogP contribution < -0.4 is 5.32 Å². The van der Waals surface area contributed by atoms with Crippen LogP contribution in [0.4, 0.5) is 5.00 Å². The second kappa shape index (κ2) is 9.05. The number of ether oxygens (including phenoxy) is 1. The molecule has 2 aliphatic rings. The molecule has 154 valence electrons. The maximum atomic E-state index is 12.9. The molecule has 8 heteroatoms. The van der Waals surface area contributed by atoms with Gasteiger partial charge in [-0.15, -0.1) is 11.3 Å². The summed E-state index contributed by atoms with van der Waals surface area (Å²) >= 11 is 1.51. The minimum Gasteiger partial charge on any atom is -0.462 e. The lowest BCUT2D eigenvalue weighted by Crippen LogP contribution is -2.53. The Morgan fingerprint density at radius 3 is 2.46 bits per heavy atom. The molecule has 0 bridgehead atoms. The van der Waals surface area contributed by atoms with Crippen molar-refractivity contribution in [1.82, 2.24) is 9.80 Å². The molecule has 1 aliphatic carbocycles. The van der Waals surface area contributed by atoms with Crippen LogP contribution in [0.15, 0.2) is 0 Å². The standard InChI is InChI=1S/C20H29N3O4S/c1-4-27-20(26)17-15-7-5-6-8-16(15)28-19(17)21-18(25)13(2)22-9-11-23(12-10-22)14(3)24/h13H,4-12H2,1-3H3,(H,21,25). The Hall–Kier alpha value is -1.93. The third-order valence-electron chi connectivity index (χ3n) is 5.57. The van der Waals surface area contributed by atoms with E-state index in [-0.39, 0.29) is 23.8 Å². The number of carbonyl (C=O) groups excluding carboxylic acids is 3. The van der Waals surface area contributed by atoms with E-state index in [1.54, 1.807) is 18.7 Å². The molecule has 3 rings (SSSR count). The normalized spacial score (nSPS) is 18.3. The highest BCUT2D eigenvalue weighted by atomic mass is 32.1. The van der Waals surface area contributed by atoms with Crippen LogP contribution in [0.1, 0.15) is 54.4 Å². The number of hydrogen-bond donors (Lipinski definition) is 1. The van der Waals surface area contributed by atoms with Crippen molar-refractivity contribution >= 4 is 34.1 Å². The fraction of sp³-hybridized carbons (Fsp3) is 0.650. The lowest BCUT2D eigenvalue weighted by Gasteiger charge is -2.36. The second-order valence-electron chi connectivity index (χ2n) is 7.34. The molecule has 1 fully saturated rings. The maximum Gasteiger partial charge on any atom is 0.341 e. The van der Waals surface area contributed by atoms with Gasteiger partial charge >= 0.3 is 5.97 Å². The van der Waals surface area contributed by atoms with E-state index in [1.165, 1.54) is 16.2 Å². The summed E-state index contributed by atoms with van der Waals surface area (Å²) in [7, 11) is 0. The number of amides is 2. The van der Waals surface area contributed by atoms with Gasteiger partial charge in [0.1, 0.15) is 5.00 Å². The van der Waals surface area contributed by atoms with Gasteiger partial charge < -0.3 is 15.0 Å². The molecule has 1 atom stereocenters. The molecule has 0 aromatic carbocycles. The zero-order valence-electron chi connectivity index (χ0n) is 16.9. The van der Waals surface area contributed by atoms with Gasteiger partial charge in [0.05, 0.1) is 18.2 Å². The Balaban J connectivity index is 1.72. The predicted octanol–water partition coefficient (Wildman–Crippen LogP) is 2.29. The van der Waals surface area contributed by atoms with Crippen molar-refractivity contribution in [1.29, 1.82) is 0 Å². The van der Waals surface area contributed by atoms with E-state index in [0.29, 0.717) is 43.4 Å². The number of rotatable bonds is 5. The number of thiophene rings is 1. The Kier molecular flexibility index (Phi) is 6.72. The number of fused-ring (bicyclic) bond motifs is 1. The Bertz CT molecular complexity index is 753. The lowest BCUT2D eigenvalue weighted by atomic mass is 9.95. The number of hydrogen-bond acceptors (Lipinski definition) is 6. The van der Waals surface area contributed by atoms with Crippen LogP contribution in [-0.2, 0) is 27.2 Å². The van der Waals surface area contributed by atoms with Gasteiger partial charge in [-0.3, -0.25) is 14.5 Å². The summed E-state index contributed by atoms with van der Waals surface area (Å²) in [6.45, 7) is 8.14. The quantitative estimate of drug-likeness (QED) is 0.758. The third-order valence-corrected chi connectivity index (χ3v) is 6.78. The Labute approximate surface area is 170 Å². The summed E-state index contributed by atoms with van der Waals surface area (Å²) in [5.74, 6) is -0.402. The number of nitrogens with one attached hydrogen (secondary N) is 1. The Morgan fingerprint density at radius 2 is 1.82 bits per heavy atom. The smallest absolute Gasteiger partial charge is 0.341 e. The first-order valence-electron chi connectivity index (χ1n) is 10.0. The predicted molar refractivity (Wildman–Crippen MR) is 109 cm³/mol. The minimum atomic E-state index is -0.347. The van der Waals surface area contributed by atoms with Gasteiger partial charge in [0.2, 0.25) is 11.8 Å². The van der Waals surface area contributed by atoms with Crippen molar-refractivity contribution < 1.29 is 19.1 Å². The molecule has 2 amide bonds. The van der Waals surface area contributed by atoms with Crippen molar-refractivity contribution in [2.75, 3.05) is 38.1 Å². The van der Waals surface area contributed by atoms with E-state index in [9.17, 15) is 14.4 Å². The van der Waals surface area contributed by atoms with Gasteiger partial charge in [0.15, 0.2) is 0 Å². The van der Waals surface area contributed by atoms with Gasteiger partial charge in [-0.2, -0.15) is 0 Å². The van der Waals surface area contributed by atoms with E-state index in [4.69, 9.17) is 4.74 Å². The summed E-state index contributed by atoms with van der Waals surface area (Å²) in [5.41, 5.74) is 1.59. The molecular weight excluding hydrogens is 378 g/mol. The first-order chi connectivity index (χ1) is 13.4. The highest BCUT2D eigenvalue weighted by Gasteiger charge is 2.30. The molecule has 1 unspecified atom stereocenters. The second-order valence-corrected chi connectivity index (χ2v) is 8.45. The van der Waals surface area contributed by atoms with Crippen molar-refractivity contribution in [2.45, 2.75) is 52.5 Å². The monoisotopic (exact) mass is 407 g/mol. The molecular formula is C20H29N3O4S. The molecule has 7 nitrogen and oxygen atoms in total. The number of anilines is 1. The average Bonchev–Trinajstić information content (AvgIpc) is 3.05. The number of carbonyl (C=O) groups is 3. The van der Waals surface area contributed by atoms with Gasteiger partial charge in [-0.05, 0) is 45.1 Å². The van der Waals surface area contributed by atoms with Gasteiger partial charge in [-0.1, -0.05) is 0 Å². The summed E-state index contributed by atoms with van der Waals surface area (Å²) in [6.07, 6.45) is 3.98. The molecule has 0 spiro atoms. The molecule has 1 aromatic rings. The van der Waals surface area contributed by atoms with Crippen molar-refractivity contribution in [3.8, 4) is 0 Å². The zero-order valence-corrected chi connectivity index (χ0v) is 17.7. The molecule has 0 saturated carbocycles. The van der Waals surface area contributed by atoms with Crippen LogP contribution in [0.3, 0.4) is 0 Å². The lowest BCUT2D eigenvalue weighted by molar-refractivity contribution is -0.131. The fourth-order valence-corrected chi connectivity index (χ4v) is 5.16. The van der Waals surface area contributed by atoms with Crippen LogP contribution in [-0.4, -0.2) is 66.4 Å². The van der Waals surface area contributed by atoms with Gasteiger partial charge in [0, 0.05) is 38.0 Å². The largest absolute Gasteiger partial charge is 0.462 e. The highest BCUT2D eigenvalue weighted by molar-refractivity contribution is 7.17. The van der Waals surface area contributed by atoms with E-state index in [1.807, 2.05) is 6.92 Å². The topological polar surface area (TPSA) is 79.0 Å². The van der Waals surface area contributed by atoms with E-state index >= 15 is 0 Å². The van der Waals surface area contributed by atoms with Crippen LogP contribution in [0.25, 0.3) is 0 Å². The highest BCUT2D eigenvalue weighted by Crippen LogP contribution is 2.38. The number of aryl methyl sites for hydroxylation is 1. The van der Waals surface area contributed by atoms with Crippen LogP contribution in [0.5, 0.6) is 0 Å². The summed E-state index contributed by atoms with van der Waals surface area (Å²) in [4.78, 5) is 42.0. The summed E-state index contributed by atoms with van der Waals surface area (Å²) in [5, 5.41) is 3.61. The van der Waals surface area contributed by atoms with E-state index in [0.717, 1.165) is 31.2 Å². The fourth-order valence-electron chi connectivity index (χ4n) is 3.88. The first-order valence-corrected chi connectivity index (χ1v) is 10.9. The number of esters is 1. The summed E-state index contributed by atoms with van der Waals surface area (Å²) in [6, 6.07) is -0.330. The van der Waals surface area contributed by atoms with Crippen molar-refractivity contribution in [3.05, 3.63) is 16.0 Å². The van der Waals surface area contributed by atoms with Crippen LogP contribution >= 0.6 is 11.3 Å². The number of piperazine rings is 1. The van der Waals surface area contributed by atoms with Crippen LogP contribution in [0.2, 0.25) is 0 Å². The van der Waals surface area contributed by atoms with Gasteiger partial charge in [-0.25, -0.2) is 4.79 Å². The Morgan fingerprint density at radius 1 is 1.14 bits per heavy atom. The van der Waals surface area contributed by atoms with Gasteiger partial charge in [0.25, 0.3) is 0 Å². The SMILES string of the molecule is CCOC(=O)c1c(NC(=O)C(C)N2CCN(C(C)=O)CC2)sc2c1CCCC2. The zero-order chi connectivity index (χ0) is 20.3.